The van der Waals surface area contributed by atoms with Crippen molar-refractivity contribution in [2.24, 2.45) is 0 Å². The van der Waals surface area contributed by atoms with Crippen molar-refractivity contribution in [2.75, 3.05) is 46.0 Å². The van der Waals surface area contributed by atoms with E-state index < -0.39 is 10.0 Å². The molecule has 0 aliphatic carbocycles. The standard InChI is InChI=1S/C9H21N3O2S/c1-9-8-12(5-4-10-9)15(13,14)7-6-11(2)3/h9-10H,4-8H2,1-3H3/t9-/m0/s1. The van der Waals surface area contributed by atoms with Crippen LogP contribution in [0.1, 0.15) is 6.92 Å². The Morgan fingerprint density at radius 1 is 1.47 bits per heavy atom. The normalized spacial score (nSPS) is 24.7. The molecular weight excluding hydrogens is 214 g/mol. The summed E-state index contributed by atoms with van der Waals surface area (Å²) in [6.07, 6.45) is 0. The van der Waals surface area contributed by atoms with Crippen molar-refractivity contribution in [3.05, 3.63) is 0 Å². The van der Waals surface area contributed by atoms with E-state index in [-0.39, 0.29) is 11.8 Å². The summed E-state index contributed by atoms with van der Waals surface area (Å²) in [5.41, 5.74) is 0. The van der Waals surface area contributed by atoms with Crippen molar-refractivity contribution in [3.63, 3.8) is 0 Å². The number of nitrogens with zero attached hydrogens (tertiary/aromatic N) is 2. The first-order valence-corrected chi connectivity index (χ1v) is 6.88. The van der Waals surface area contributed by atoms with Gasteiger partial charge in [0.05, 0.1) is 5.75 Å². The second-order valence-corrected chi connectivity index (χ2v) is 6.42. The van der Waals surface area contributed by atoms with E-state index in [1.807, 2.05) is 25.9 Å². The quantitative estimate of drug-likeness (QED) is 0.691. The molecule has 1 rings (SSSR count). The van der Waals surface area contributed by atoms with E-state index in [4.69, 9.17) is 0 Å². The SMILES string of the molecule is C[C@H]1CN(S(=O)(=O)CCN(C)C)CCN1. The molecule has 1 aliphatic rings. The van der Waals surface area contributed by atoms with Crippen molar-refractivity contribution in [2.45, 2.75) is 13.0 Å². The van der Waals surface area contributed by atoms with Gasteiger partial charge in [-0.25, -0.2) is 8.42 Å². The molecule has 1 N–H and O–H groups in total. The second-order valence-electron chi connectivity index (χ2n) is 4.33. The van der Waals surface area contributed by atoms with Gasteiger partial charge in [-0.05, 0) is 21.0 Å². The van der Waals surface area contributed by atoms with Crippen molar-refractivity contribution in [3.8, 4) is 0 Å². The van der Waals surface area contributed by atoms with Crippen molar-refractivity contribution >= 4 is 10.0 Å². The lowest BCUT2D eigenvalue weighted by Crippen LogP contribution is -2.52. The van der Waals surface area contributed by atoms with Crippen LogP contribution in [0, 0.1) is 0 Å². The summed E-state index contributed by atoms with van der Waals surface area (Å²) >= 11 is 0. The summed E-state index contributed by atoms with van der Waals surface area (Å²) in [6.45, 7) is 4.53. The number of piperazine rings is 1. The van der Waals surface area contributed by atoms with Gasteiger partial charge in [-0.15, -0.1) is 0 Å². The van der Waals surface area contributed by atoms with Gasteiger partial charge in [0.2, 0.25) is 10.0 Å². The zero-order valence-electron chi connectivity index (χ0n) is 9.73. The minimum atomic E-state index is -3.06. The number of sulfonamides is 1. The topological polar surface area (TPSA) is 52.7 Å². The van der Waals surface area contributed by atoms with E-state index in [0.29, 0.717) is 19.6 Å². The largest absolute Gasteiger partial charge is 0.312 e. The Morgan fingerprint density at radius 3 is 2.67 bits per heavy atom. The molecule has 1 atom stereocenters. The number of hydrogen-bond acceptors (Lipinski definition) is 4. The summed E-state index contributed by atoms with van der Waals surface area (Å²) in [6, 6.07) is 0.257. The molecule has 0 aromatic carbocycles. The second kappa shape index (κ2) is 5.25. The minimum absolute atomic E-state index is 0.215. The first-order valence-electron chi connectivity index (χ1n) is 5.28. The first-order chi connectivity index (χ1) is 6.92. The van der Waals surface area contributed by atoms with Crippen LogP contribution in [0.4, 0.5) is 0 Å². The third-order valence-electron chi connectivity index (χ3n) is 2.52. The van der Waals surface area contributed by atoms with Crippen molar-refractivity contribution in [1.29, 1.82) is 0 Å². The highest BCUT2D eigenvalue weighted by Gasteiger charge is 2.26. The highest BCUT2D eigenvalue weighted by molar-refractivity contribution is 7.89. The summed E-state index contributed by atoms with van der Waals surface area (Å²) in [5.74, 6) is 0.215. The van der Waals surface area contributed by atoms with Crippen LogP contribution >= 0.6 is 0 Å². The molecule has 1 aliphatic heterocycles. The Morgan fingerprint density at radius 2 is 2.13 bits per heavy atom. The van der Waals surface area contributed by atoms with E-state index in [1.165, 1.54) is 0 Å². The molecule has 0 aromatic rings. The number of nitrogens with one attached hydrogen (secondary N) is 1. The molecular formula is C9H21N3O2S. The monoisotopic (exact) mass is 235 g/mol. The Kier molecular flexibility index (Phi) is 4.51. The van der Waals surface area contributed by atoms with E-state index in [2.05, 4.69) is 5.32 Å². The van der Waals surface area contributed by atoms with Crippen LogP contribution in [0.25, 0.3) is 0 Å². The van der Waals surface area contributed by atoms with Gasteiger partial charge in [-0.2, -0.15) is 4.31 Å². The summed E-state index contributed by atoms with van der Waals surface area (Å²) in [7, 11) is 0.710. The Hall–Kier alpha value is -0.170. The summed E-state index contributed by atoms with van der Waals surface area (Å²) in [5, 5.41) is 3.23. The molecule has 0 radical (unpaired) electrons. The minimum Gasteiger partial charge on any atom is -0.312 e. The lowest BCUT2D eigenvalue weighted by atomic mass is 10.3. The zero-order valence-corrected chi connectivity index (χ0v) is 10.5. The molecule has 6 heteroatoms. The number of rotatable bonds is 4. The van der Waals surface area contributed by atoms with Crippen molar-refractivity contribution < 1.29 is 8.42 Å². The van der Waals surface area contributed by atoms with Crippen LogP contribution in [0.3, 0.4) is 0 Å². The molecule has 1 heterocycles. The highest BCUT2D eigenvalue weighted by atomic mass is 32.2. The maximum atomic E-state index is 11.9. The third-order valence-corrected chi connectivity index (χ3v) is 4.34. The zero-order chi connectivity index (χ0) is 11.5. The van der Waals surface area contributed by atoms with Crippen LogP contribution in [0.15, 0.2) is 0 Å². The summed E-state index contributed by atoms with van der Waals surface area (Å²) in [4.78, 5) is 1.89. The fourth-order valence-electron chi connectivity index (χ4n) is 1.58. The molecule has 90 valence electrons. The highest BCUT2D eigenvalue weighted by Crippen LogP contribution is 2.06. The molecule has 0 amide bonds. The molecule has 0 spiro atoms. The smallest absolute Gasteiger partial charge is 0.215 e. The molecule has 1 fully saturated rings. The van der Waals surface area contributed by atoms with Gasteiger partial charge < -0.3 is 10.2 Å². The Balaban J connectivity index is 2.52. The maximum Gasteiger partial charge on any atom is 0.215 e. The summed E-state index contributed by atoms with van der Waals surface area (Å²) < 4.78 is 25.4. The lowest BCUT2D eigenvalue weighted by Gasteiger charge is -2.31. The van der Waals surface area contributed by atoms with E-state index in [0.717, 1.165) is 6.54 Å². The lowest BCUT2D eigenvalue weighted by molar-refractivity contribution is 0.308. The van der Waals surface area contributed by atoms with Gasteiger partial charge >= 0.3 is 0 Å². The van der Waals surface area contributed by atoms with Gasteiger partial charge in [0, 0.05) is 32.2 Å². The van der Waals surface area contributed by atoms with Gasteiger partial charge in [0.25, 0.3) is 0 Å². The maximum absolute atomic E-state index is 11.9. The van der Waals surface area contributed by atoms with E-state index >= 15 is 0 Å². The molecule has 5 nitrogen and oxygen atoms in total. The molecule has 0 bridgehead atoms. The first kappa shape index (κ1) is 12.9. The average molecular weight is 235 g/mol. The predicted molar refractivity (Wildman–Crippen MR) is 61.4 cm³/mol. The molecule has 0 unspecified atom stereocenters. The molecule has 1 saturated heterocycles. The van der Waals surface area contributed by atoms with E-state index in [9.17, 15) is 8.42 Å². The van der Waals surface area contributed by atoms with Crippen LogP contribution in [-0.4, -0.2) is 69.7 Å². The average Bonchev–Trinajstić information content (AvgIpc) is 2.15. The van der Waals surface area contributed by atoms with Gasteiger partial charge in [0.15, 0.2) is 0 Å². The van der Waals surface area contributed by atoms with Gasteiger partial charge in [-0.1, -0.05) is 0 Å². The third kappa shape index (κ3) is 4.06. The predicted octanol–water partition coefficient (Wildman–Crippen LogP) is -0.828. The van der Waals surface area contributed by atoms with Crippen molar-refractivity contribution in [1.82, 2.24) is 14.5 Å². The number of hydrogen-bond donors (Lipinski definition) is 1. The van der Waals surface area contributed by atoms with Crippen LogP contribution < -0.4 is 5.32 Å². The van der Waals surface area contributed by atoms with E-state index in [1.54, 1.807) is 4.31 Å². The Bertz CT molecular complexity index is 290. The molecule has 0 saturated carbocycles. The van der Waals surface area contributed by atoms with Gasteiger partial charge in [-0.3, -0.25) is 0 Å². The fraction of sp³-hybridized carbons (Fsp3) is 1.00. The Labute approximate surface area is 92.5 Å². The van der Waals surface area contributed by atoms with Crippen LogP contribution in [0.5, 0.6) is 0 Å². The van der Waals surface area contributed by atoms with Crippen LogP contribution in [-0.2, 0) is 10.0 Å². The van der Waals surface area contributed by atoms with Gasteiger partial charge in [0.1, 0.15) is 0 Å². The fourth-order valence-corrected chi connectivity index (χ4v) is 3.25. The molecule has 15 heavy (non-hydrogen) atoms. The van der Waals surface area contributed by atoms with Crippen LogP contribution in [0.2, 0.25) is 0 Å². The molecule has 0 aromatic heterocycles.